The first-order valence-corrected chi connectivity index (χ1v) is 10.6. The van der Waals surface area contributed by atoms with Crippen molar-refractivity contribution in [1.82, 2.24) is 0 Å². The fraction of sp³-hybridized carbons (Fsp3) is 0.143. The van der Waals surface area contributed by atoms with E-state index in [4.69, 9.17) is 9.47 Å². The molecule has 0 aromatic heterocycles. The van der Waals surface area contributed by atoms with Gasteiger partial charge in [0.15, 0.2) is 23.2 Å². The average Bonchev–Trinajstić information content (AvgIpc) is 2.85. The summed E-state index contributed by atoms with van der Waals surface area (Å²) in [6.45, 7) is 1.92. The molecule has 0 radical (unpaired) electrons. The van der Waals surface area contributed by atoms with Crippen molar-refractivity contribution in [3.63, 3.8) is 0 Å². The molecule has 4 aromatic carbocycles. The van der Waals surface area contributed by atoms with Crippen molar-refractivity contribution in [1.29, 1.82) is 0 Å². The van der Waals surface area contributed by atoms with E-state index in [-0.39, 0.29) is 23.5 Å². The predicted octanol–water partition coefficient (Wildman–Crippen LogP) is 7.59. The highest BCUT2D eigenvalue weighted by Crippen LogP contribution is 2.29. The minimum atomic E-state index is -0.919. The molecule has 4 aromatic rings. The van der Waals surface area contributed by atoms with Crippen molar-refractivity contribution >= 4 is 0 Å². The van der Waals surface area contributed by atoms with Crippen LogP contribution < -0.4 is 9.47 Å². The molecule has 0 aliphatic heterocycles. The summed E-state index contributed by atoms with van der Waals surface area (Å²) in [5.41, 5.74) is 3.59. The Morgan fingerprint density at radius 3 is 2.00 bits per heavy atom. The Morgan fingerprint density at radius 2 is 1.36 bits per heavy atom. The van der Waals surface area contributed by atoms with E-state index in [9.17, 15) is 13.2 Å². The molecule has 33 heavy (non-hydrogen) atoms. The van der Waals surface area contributed by atoms with Crippen LogP contribution in [0.5, 0.6) is 11.5 Å². The van der Waals surface area contributed by atoms with Crippen LogP contribution in [0.3, 0.4) is 0 Å². The second kappa shape index (κ2) is 9.82. The number of benzene rings is 4. The molecule has 0 saturated carbocycles. The van der Waals surface area contributed by atoms with Crippen LogP contribution in [0.4, 0.5) is 13.2 Å². The lowest BCUT2D eigenvalue weighted by Crippen LogP contribution is -2.02. The van der Waals surface area contributed by atoms with Crippen LogP contribution in [-0.4, -0.2) is 7.11 Å². The number of ether oxygens (including phenoxy) is 2. The summed E-state index contributed by atoms with van der Waals surface area (Å²) < 4.78 is 53.9. The van der Waals surface area contributed by atoms with Crippen LogP contribution in [-0.2, 0) is 13.0 Å². The molecule has 0 saturated heterocycles. The molecular formula is C28H23F3O2. The van der Waals surface area contributed by atoms with Crippen LogP contribution in [0.1, 0.15) is 18.1 Å². The average molecular weight is 448 g/mol. The van der Waals surface area contributed by atoms with Crippen molar-refractivity contribution in [2.45, 2.75) is 20.0 Å². The third kappa shape index (κ3) is 4.87. The summed E-state index contributed by atoms with van der Waals surface area (Å²) in [4.78, 5) is 0. The molecule has 0 spiro atoms. The molecule has 5 heteroatoms. The fourth-order valence-corrected chi connectivity index (χ4v) is 3.59. The highest BCUT2D eigenvalue weighted by molar-refractivity contribution is 5.66. The molecule has 0 aliphatic rings. The van der Waals surface area contributed by atoms with E-state index in [2.05, 4.69) is 0 Å². The lowest BCUT2D eigenvalue weighted by Gasteiger charge is -2.11. The smallest absolute Gasteiger partial charge is 0.167 e. The van der Waals surface area contributed by atoms with Crippen LogP contribution >= 0.6 is 0 Å². The Labute approximate surface area is 191 Å². The molecule has 0 aliphatic carbocycles. The first kappa shape index (κ1) is 22.5. The van der Waals surface area contributed by atoms with E-state index in [1.165, 1.54) is 19.2 Å². The zero-order valence-corrected chi connectivity index (χ0v) is 18.4. The molecule has 0 heterocycles. The molecule has 4 rings (SSSR count). The van der Waals surface area contributed by atoms with Crippen LogP contribution in [0.15, 0.2) is 78.9 Å². The Balaban J connectivity index is 1.46. The van der Waals surface area contributed by atoms with Gasteiger partial charge in [-0.05, 0) is 52.9 Å². The van der Waals surface area contributed by atoms with E-state index in [0.29, 0.717) is 16.9 Å². The Morgan fingerprint density at radius 1 is 0.697 bits per heavy atom. The molecule has 168 valence electrons. The summed E-state index contributed by atoms with van der Waals surface area (Å²) >= 11 is 0. The van der Waals surface area contributed by atoms with Gasteiger partial charge in [-0.15, -0.1) is 0 Å². The van der Waals surface area contributed by atoms with Gasteiger partial charge in [0.05, 0.1) is 7.11 Å². The van der Waals surface area contributed by atoms with Gasteiger partial charge in [0, 0.05) is 11.1 Å². The molecule has 0 atom stereocenters. The van der Waals surface area contributed by atoms with E-state index in [1.807, 2.05) is 19.1 Å². The van der Waals surface area contributed by atoms with E-state index in [1.54, 1.807) is 54.6 Å². The SMILES string of the molecule is CCc1ccc(-c2ccc(COc3ccc(-c4ccc(OC)c(F)c4)cc3)c(F)c2F)cc1. The van der Waals surface area contributed by atoms with Crippen molar-refractivity contribution in [2.24, 2.45) is 0 Å². The number of hydrogen-bond acceptors (Lipinski definition) is 2. The molecule has 2 nitrogen and oxygen atoms in total. The zero-order chi connectivity index (χ0) is 23.4. The van der Waals surface area contributed by atoms with Gasteiger partial charge in [-0.2, -0.15) is 0 Å². The minimum absolute atomic E-state index is 0.117. The van der Waals surface area contributed by atoms with E-state index >= 15 is 0 Å². The number of rotatable bonds is 7. The maximum absolute atomic E-state index is 14.7. The second-order valence-corrected chi connectivity index (χ2v) is 7.61. The monoisotopic (exact) mass is 448 g/mol. The van der Waals surface area contributed by atoms with Gasteiger partial charge in [0.2, 0.25) is 0 Å². The first-order valence-electron chi connectivity index (χ1n) is 10.6. The maximum Gasteiger partial charge on any atom is 0.167 e. The van der Waals surface area contributed by atoms with Crippen molar-refractivity contribution in [3.8, 4) is 33.8 Å². The number of aryl methyl sites for hydroxylation is 1. The van der Waals surface area contributed by atoms with Gasteiger partial charge in [-0.3, -0.25) is 0 Å². The molecule has 0 amide bonds. The van der Waals surface area contributed by atoms with Gasteiger partial charge in [-0.25, -0.2) is 13.2 Å². The van der Waals surface area contributed by atoms with Crippen molar-refractivity contribution < 1.29 is 22.6 Å². The number of methoxy groups -OCH3 is 1. The molecule has 0 fully saturated rings. The largest absolute Gasteiger partial charge is 0.494 e. The Bertz CT molecular complexity index is 1250. The number of hydrogen-bond donors (Lipinski definition) is 0. The molecule has 0 bridgehead atoms. The summed E-state index contributed by atoms with van der Waals surface area (Å²) in [5.74, 6) is -1.59. The lowest BCUT2D eigenvalue weighted by atomic mass is 10.0. The van der Waals surface area contributed by atoms with Gasteiger partial charge in [0.1, 0.15) is 12.4 Å². The molecule has 0 N–H and O–H groups in total. The molecule has 0 unspecified atom stereocenters. The van der Waals surface area contributed by atoms with Crippen molar-refractivity contribution in [2.75, 3.05) is 7.11 Å². The van der Waals surface area contributed by atoms with Gasteiger partial charge in [-0.1, -0.05) is 61.5 Å². The topological polar surface area (TPSA) is 18.5 Å². The standard InChI is InChI=1S/C28H23F3O2/c1-3-18-4-6-20(7-5-18)24-14-10-22(27(30)28(24)31)17-33-23-12-8-19(9-13-23)21-11-15-26(32-2)25(29)16-21/h4-16H,3,17H2,1-2H3. The summed E-state index contributed by atoms with van der Waals surface area (Å²) in [7, 11) is 1.41. The zero-order valence-electron chi connectivity index (χ0n) is 18.4. The van der Waals surface area contributed by atoms with Crippen LogP contribution in [0.2, 0.25) is 0 Å². The third-order valence-electron chi connectivity index (χ3n) is 5.57. The van der Waals surface area contributed by atoms with Gasteiger partial charge in [0.25, 0.3) is 0 Å². The van der Waals surface area contributed by atoms with Crippen LogP contribution in [0, 0.1) is 17.5 Å². The lowest BCUT2D eigenvalue weighted by molar-refractivity contribution is 0.297. The predicted molar refractivity (Wildman–Crippen MR) is 124 cm³/mol. The highest BCUT2D eigenvalue weighted by atomic mass is 19.2. The Kier molecular flexibility index (Phi) is 6.68. The van der Waals surface area contributed by atoms with Crippen LogP contribution in [0.25, 0.3) is 22.3 Å². The third-order valence-corrected chi connectivity index (χ3v) is 5.57. The van der Waals surface area contributed by atoms with Gasteiger partial charge < -0.3 is 9.47 Å². The normalized spacial score (nSPS) is 10.8. The summed E-state index contributed by atoms with van der Waals surface area (Å²) in [5, 5.41) is 0. The second-order valence-electron chi connectivity index (χ2n) is 7.61. The highest BCUT2D eigenvalue weighted by Gasteiger charge is 2.15. The quantitative estimate of drug-likeness (QED) is 0.290. The first-order chi connectivity index (χ1) is 16.0. The van der Waals surface area contributed by atoms with Crippen molar-refractivity contribution in [3.05, 3.63) is 107 Å². The minimum Gasteiger partial charge on any atom is -0.494 e. The fourth-order valence-electron chi connectivity index (χ4n) is 3.59. The van der Waals surface area contributed by atoms with E-state index in [0.717, 1.165) is 17.5 Å². The van der Waals surface area contributed by atoms with Gasteiger partial charge >= 0.3 is 0 Å². The summed E-state index contributed by atoms with van der Waals surface area (Å²) in [6.07, 6.45) is 0.880. The number of halogens is 3. The summed E-state index contributed by atoms with van der Waals surface area (Å²) in [6, 6.07) is 22.2. The maximum atomic E-state index is 14.7. The molecular weight excluding hydrogens is 425 g/mol. The Hall–Kier alpha value is -3.73. The van der Waals surface area contributed by atoms with E-state index < -0.39 is 17.5 Å².